The Morgan fingerprint density at radius 1 is 1.57 bits per heavy atom. The molecule has 1 fully saturated rings. The Kier molecular flexibility index (Phi) is 4.35. The van der Waals surface area contributed by atoms with E-state index in [0.29, 0.717) is 13.2 Å². The summed E-state index contributed by atoms with van der Waals surface area (Å²) in [6, 6.07) is 0. The summed E-state index contributed by atoms with van der Waals surface area (Å²) in [4.78, 5) is 11.8. The average molecular weight is 202 g/mol. The first-order valence-electron chi connectivity index (χ1n) is 5.23. The number of carbonyl (C=O) groups is 1. The van der Waals surface area contributed by atoms with Crippen LogP contribution in [0.1, 0.15) is 19.8 Å². The summed E-state index contributed by atoms with van der Waals surface area (Å²) >= 11 is 0. The van der Waals surface area contributed by atoms with Crippen LogP contribution in [0.25, 0.3) is 0 Å². The van der Waals surface area contributed by atoms with Gasteiger partial charge in [-0.15, -0.1) is 0 Å². The van der Waals surface area contributed by atoms with Crippen molar-refractivity contribution in [1.82, 2.24) is 0 Å². The third-order valence-corrected chi connectivity index (χ3v) is 2.73. The van der Waals surface area contributed by atoms with E-state index in [1.165, 1.54) is 0 Å². The van der Waals surface area contributed by atoms with Gasteiger partial charge in [0.1, 0.15) is 5.41 Å². The summed E-state index contributed by atoms with van der Waals surface area (Å²) in [6.07, 6.45) is 1.94. The molecule has 1 atom stereocenters. The molecule has 1 saturated heterocycles. The first-order chi connectivity index (χ1) is 6.75. The molecule has 4 nitrogen and oxygen atoms in total. The number of rotatable bonds is 4. The van der Waals surface area contributed by atoms with Crippen molar-refractivity contribution in [3.05, 3.63) is 0 Å². The van der Waals surface area contributed by atoms with Crippen LogP contribution in [0.4, 0.5) is 0 Å². The van der Waals surface area contributed by atoms with Crippen molar-refractivity contribution in [3.63, 3.8) is 0 Å². The first kappa shape index (κ1) is 11.5. The van der Waals surface area contributed by atoms with E-state index >= 15 is 0 Å². The summed E-state index contributed by atoms with van der Waals surface area (Å²) in [7, 11) is 1.63. The van der Waals surface area contributed by atoms with Crippen LogP contribution in [0.2, 0.25) is 0 Å². The molecule has 1 aliphatic rings. The minimum absolute atomic E-state index is 0.0993. The van der Waals surface area contributed by atoms with Crippen molar-refractivity contribution in [2.75, 3.05) is 33.4 Å². The topological polar surface area (TPSA) is 52.1 Å². The zero-order valence-corrected chi connectivity index (χ0v) is 9.04. The fourth-order valence-corrected chi connectivity index (χ4v) is 2.00. The molecule has 1 heterocycles. The largest absolute Gasteiger partial charge is 0.465 e. The molecule has 1 rings (SSSR count). The molecule has 0 aromatic rings. The van der Waals surface area contributed by atoms with Gasteiger partial charge in [-0.25, -0.2) is 0 Å². The Balaban J connectivity index is 2.63. The van der Waals surface area contributed by atoms with Crippen LogP contribution in [-0.4, -0.2) is 39.4 Å². The highest BCUT2D eigenvalue weighted by molar-refractivity contribution is 5.77. The zero-order chi connectivity index (χ0) is 10.4. The van der Waals surface area contributed by atoms with E-state index in [1.807, 2.05) is 6.92 Å². The third-order valence-electron chi connectivity index (χ3n) is 2.73. The van der Waals surface area contributed by atoms with Crippen LogP contribution < -0.4 is 5.32 Å². The Hall–Kier alpha value is -0.610. The lowest BCUT2D eigenvalue weighted by Crippen LogP contribution is -2.90. The van der Waals surface area contributed by atoms with Crippen LogP contribution in [0, 0.1) is 5.41 Å². The molecule has 0 saturated carbocycles. The van der Waals surface area contributed by atoms with Gasteiger partial charge in [0.15, 0.2) is 0 Å². The number of hydrogen-bond donors (Lipinski definition) is 1. The molecule has 14 heavy (non-hydrogen) atoms. The third kappa shape index (κ3) is 2.45. The molecule has 0 aromatic heterocycles. The maximum Gasteiger partial charge on any atom is 0.320 e. The van der Waals surface area contributed by atoms with Gasteiger partial charge in [-0.05, 0) is 19.8 Å². The van der Waals surface area contributed by atoms with E-state index in [2.05, 4.69) is 5.32 Å². The van der Waals surface area contributed by atoms with Gasteiger partial charge in [0.05, 0.1) is 26.3 Å². The van der Waals surface area contributed by atoms with Gasteiger partial charge in [-0.3, -0.25) is 4.79 Å². The van der Waals surface area contributed by atoms with Crippen LogP contribution in [0.5, 0.6) is 0 Å². The molecule has 0 spiro atoms. The van der Waals surface area contributed by atoms with Crippen molar-refractivity contribution in [1.29, 1.82) is 0 Å². The number of piperidine rings is 1. The van der Waals surface area contributed by atoms with Crippen molar-refractivity contribution in [3.8, 4) is 0 Å². The summed E-state index contributed by atoms with van der Waals surface area (Å²) < 4.78 is 10.2. The zero-order valence-electron chi connectivity index (χ0n) is 9.04. The number of hydrogen-bond acceptors (Lipinski definition) is 3. The van der Waals surface area contributed by atoms with Crippen molar-refractivity contribution >= 4 is 5.97 Å². The molecule has 0 aliphatic carbocycles. The second-order valence-electron chi connectivity index (χ2n) is 3.82. The highest BCUT2D eigenvalue weighted by Crippen LogP contribution is 2.26. The average Bonchev–Trinajstić information content (AvgIpc) is 2.20. The van der Waals surface area contributed by atoms with Crippen molar-refractivity contribution in [2.45, 2.75) is 19.8 Å². The van der Waals surface area contributed by atoms with Gasteiger partial charge >= 0.3 is 5.97 Å². The number of ether oxygens (including phenoxy) is 2. The SMILES string of the molecule is CCOC(=O)C1(COC)CCC[NH2+]C1. The summed E-state index contributed by atoms with van der Waals surface area (Å²) in [5, 5.41) is 2.17. The van der Waals surface area contributed by atoms with E-state index in [1.54, 1.807) is 7.11 Å². The fraction of sp³-hybridized carbons (Fsp3) is 0.900. The highest BCUT2D eigenvalue weighted by Gasteiger charge is 2.43. The Labute approximate surface area is 85.0 Å². The predicted octanol–water partition coefficient (Wildman–Crippen LogP) is -0.460. The number of carbonyl (C=O) groups excluding carboxylic acids is 1. The molecule has 0 amide bonds. The van der Waals surface area contributed by atoms with Crippen LogP contribution in [0.15, 0.2) is 0 Å². The van der Waals surface area contributed by atoms with E-state index in [9.17, 15) is 4.79 Å². The monoisotopic (exact) mass is 202 g/mol. The van der Waals surface area contributed by atoms with E-state index < -0.39 is 5.41 Å². The van der Waals surface area contributed by atoms with Crippen LogP contribution >= 0.6 is 0 Å². The smallest absolute Gasteiger partial charge is 0.320 e. The molecule has 4 heteroatoms. The standard InChI is InChI=1S/C10H19NO3/c1-3-14-9(12)10(8-13-2)5-4-6-11-7-10/h11H,3-8H2,1-2H3/p+1. The fourth-order valence-electron chi connectivity index (χ4n) is 2.00. The lowest BCUT2D eigenvalue weighted by atomic mass is 9.81. The molecule has 0 aromatic carbocycles. The normalized spacial score (nSPS) is 27.3. The number of quaternary nitrogens is 1. The molecule has 2 N–H and O–H groups in total. The van der Waals surface area contributed by atoms with E-state index in [0.717, 1.165) is 25.9 Å². The van der Waals surface area contributed by atoms with Crippen LogP contribution in [0.3, 0.4) is 0 Å². The van der Waals surface area contributed by atoms with Gasteiger partial charge in [0, 0.05) is 7.11 Å². The second kappa shape index (κ2) is 5.32. The summed E-state index contributed by atoms with van der Waals surface area (Å²) in [5.74, 6) is -0.0993. The minimum atomic E-state index is -0.400. The predicted molar refractivity (Wildman–Crippen MR) is 51.8 cm³/mol. The maximum absolute atomic E-state index is 11.8. The molecule has 82 valence electrons. The number of nitrogens with two attached hydrogens (primary N) is 1. The van der Waals surface area contributed by atoms with Gasteiger partial charge in [-0.1, -0.05) is 0 Å². The van der Waals surface area contributed by atoms with Gasteiger partial charge in [0.2, 0.25) is 0 Å². The molecular formula is C10H20NO3+. The Bertz CT molecular complexity index is 182. The highest BCUT2D eigenvalue weighted by atomic mass is 16.5. The first-order valence-corrected chi connectivity index (χ1v) is 5.23. The van der Waals surface area contributed by atoms with E-state index in [-0.39, 0.29) is 5.97 Å². The van der Waals surface area contributed by atoms with Gasteiger partial charge < -0.3 is 14.8 Å². The molecule has 1 aliphatic heterocycles. The quantitative estimate of drug-likeness (QED) is 0.628. The number of esters is 1. The summed E-state index contributed by atoms with van der Waals surface area (Å²) in [5.41, 5.74) is -0.400. The lowest BCUT2D eigenvalue weighted by Gasteiger charge is -2.31. The van der Waals surface area contributed by atoms with Crippen molar-refractivity contribution in [2.24, 2.45) is 5.41 Å². The minimum Gasteiger partial charge on any atom is -0.465 e. The number of methoxy groups -OCH3 is 1. The Morgan fingerprint density at radius 3 is 2.86 bits per heavy atom. The maximum atomic E-state index is 11.8. The van der Waals surface area contributed by atoms with Crippen molar-refractivity contribution < 1.29 is 19.6 Å². The summed E-state index contributed by atoms with van der Waals surface area (Å²) in [6.45, 7) is 4.65. The molecule has 1 unspecified atom stereocenters. The molecule has 0 bridgehead atoms. The van der Waals surface area contributed by atoms with Crippen LogP contribution in [-0.2, 0) is 14.3 Å². The van der Waals surface area contributed by atoms with E-state index in [4.69, 9.17) is 9.47 Å². The second-order valence-corrected chi connectivity index (χ2v) is 3.82. The van der Waals surface area contributed by atoms with Gasteiger partial charge in [0.25, 0.3) is 0 Å². The molecular weight excluding hydrogens is 182 g/mol. The Morgan fingerprint density at radius 2 is 2.36 bits per heavy atom. The lowest BCUT2D eigenvalue weighted by molar-refractivity contribution is -0.674. The molecule has 0 radical (unpaired) electrons. The van der Waals surface area contributed by atoms with Gasteiger partial charge in [-0.2, -0.15) is 0 Å².